The number of para-hydroxylation sites is 1. The van der Waals surface area contributed by atoms with Gasteiger partial charge in [-0.25, -0.2) is 4.39 Å². The molecule has 19 heavy (non-hydrogen) atoms. The highest BCUT2D eigenvalue weighted by atomic mass is 35.5. The zero-order chi connectivity index (χ0) is 13.4. The van der Waals surface area contributed by atoms with E-state index in [0.717, 1.165) is 11.5 Å². The average molecular weight is 275 g/mol. The van der Waals surface area contributed by atoms with Gasteiger partial charge in [0.15, 0.2) is 5.76 Å². The predicted octanol–water partition coefficient (Wildman–Crippen LogP) is 4.46. The lowest BCUT2D eigenvalue weighted by Gasteiger charge is -2.00. The van der Waals surface area contributed by atoms with Gasteiger partial charge >= 0.3 is 0 Å². The van der Waals surface area contributed by atoms with E-state index in [0.29, 0.717) is 5.58 Å². The Kier molecular flexibility index (Phi) is 2.84. The van der Waals surface area contributed by atoms with Gasteiger partial charge in [0.2, 0.25) is 5.78 Å². The molecule has 0 N–H and O–H groups in total. The summed E-state index contributed by atoms with van der Waals surface area (Å²) < 4.78 is 18.4. The van der Waals surface area contributed by atoms with Crippen LogP contribution in [0.4, 0.5) is 4.39 Å². The Balaban J connectivity index is 2.08. The highest BCUT2D eigenvalue weighted by molar-refractivity contribution is 6.34. The van der Waals surface area contributed by atoms with E-state index in [4.69, 9.17) is 16.0 Å². The number of hydrogen-bond acceptors (Lipinski definition) is 2. The molecule has 0 saturated heterocycles. The molecule has 0 spiro atoms. The minimum atomic E-state index is -0.480. The van der Waals surface area contributed by atoms with Crippen LogP contribution in [0.5, 0.6) is 0 Å². The van der Waals surface area contributed by atoms with Crippen molar-refractivity contribution in [2.75, 3.05) is 0 Å². The summed E-state index contributed by atoms with van der Waals surface area (Å²) in [6.45, 7) is 0. The van der Waals surface area contributed by atoms with Gasteiger partial charge in [-0.2, -0.15) is 0 Å². The standard InChI is InChI=1S/C15H8ClFO2/c16-12-8-10(17)5-6-11(12)15(18)14-7-9-3-1-2-4-13(9)19-14/h1-8H. The second-order valence-corrected chi connectivity index (χ2v) is 4.51. The smallest absolute Gasteiger partial charge is 0.229 e. The molecule has 0 unspecified atom stereocenters. The number of ketones is 1. The molecule has 0 aliphatic rings. The molecule has 2 nitrogen and oxygen atoms in total. The van der Waals surface area contributed by atoms with Crippen LogP contribution < -0.4 is 0 Å². The van der Waals surface area contributed by atoms with Gasteiger partial charge in [-0.1, -0.05) is 29.8 Å². The molecular weight excluding hydrogens is 267 g/mol. The lowest BCUT2D eigenvalue weighted by Crippen LogP contribution is -2.00. The normalized spacial score (nSPS) is 10.8. The number of benzene rings is 2. The Bertz CT molecular complexity index is 744. The van der Waals surface area contributed by atoms with Gasteiger partial charge in [0.25, 0.3) is 0 Å². The van der Waals surface area contributed by atoms with Crippen molar-refractivity contribution < 1.29 is 13.6 Å². The van der Waals surface area contributed by atoms with E-state index < -0.39 is 5.82 Å². The second kappa shape index (κ2) is 4.52. The van der Waals surface area contributed by atoms with E-state index in [1.165, 1.54) is 12.1 Å². The fraction of sp³-hybridized carbons (Fsp3) is 0. The zero-order valence-corrected chi connectivity index (χ0v) is 10.4. The molecule has 0 atom stereocenters. The molecule has 0 fully saturated rings. The number of hydrogen-bond donors (Lipinski definition) is 0. The number of carbonyl (C=O) groups is 1. The van der Waals surface area contributed by atoms with E-state index >= 15 is 0 Å². The largest absolute Gasteiger partial charge is 0.453 e. The highest BCUT2D eigenvalue weighted by Crippen LogP contribution is 2.24. The van der Waals surface area contributed by atoms with Crippen LogP contribution in [0.2, 0.25) is 5.02 Å². The lowest BCUT2D eigenvalue weighted by atomic mass is 10.1. The molecule has 1 aromatic heterocycles. The molecule has 0 amide bonds. The fourth-order valence-corrected chi connectivity index (χ4v) is 2.15. The Morgan fingerprint density at radius 3 is 2.63 bits per heavy atom. The first-order chi connectivity index (χ1) is 9.15. The van der Waals surface area contributed by atoms with Crippen molar-refractivity contribution in [1.82, 2.24) is 0 Å². The number of rotatable bonds is 2. The van der Waals surface area contributed by atoms with Crippen LogP contribution in [0.15, 0.2) is 52.9 Å². The van der Waals surface area contributed by atoms with E-state index in [1.807, 2.05) is 18.2 Å². The first-order valence-electron chi connectivity index (χ1n) is 5.63. The third-order valence-corrected chi connectivity index (χ3v) is 3.14. The Labute approximate surface area is 113 Å². The first kappa shape index (κ1) is 11.9. The number of fused-ring (bicyclic) bond motifs is 1. The molecule has 2 aromatic carbocycles. The maximum atomic E-state index is 13.0. The maximum absolute atomic E-state index is 13.0. The van der Waals surface area contributed by atoms with Crippen LogP contribution in [0.25, 0.3) is 11.0 Å². The summed E-state index contributed by atoms with van der Waals surface area (Å²) in [7, 11) is 0. The molecule has 3 rings (SSSR count). The summed E-state index contributed by atoms with van der Waals surface area (Å²) in [4.78, 5) is 12.2. The van der Waals surface area contributed by atoms with Gasteiger partial charge in [-0.15, -0.1) is 0 Å². The van der Waals surface area contributed by atoms with Crippen molar-refractivity contribution in [3.05, 3.63) is 70.7 Å². The molecule has 3 aromatic rings. The molecule has 1 heterocycles. The van der Waals surface area contributed by atoms with Crippen molar-refractivity contribution in [1.29, 1.82) is 0 Å². The Hall–Kier alpha value is -2.13. The van der Waals surface area contributed by atoms with E-state index in [2.05, 4.69) is 0 Å². The van der Waals surface area contributed by atoms with Crippen molar-refractivity contribution in [2.45, 2.75) is 0 Å². The summed E-state index contributed by atoms with van der Waals surface area (Å²) in [5.74, 6) is -0.651. The predicted molar refractivity (Wildman–Crippen MR) is 71.1 cm³/mol. The Morgan fingerprint density at radius 2 is 1.89 bits per heavy atom. The molecule has 0 radical (unpaired) electrons. The monoisotopic (exact) mass is 274 g/mol. The third-order valence-electron chi connectivity index (χ3n) is 2.83. The van der Waals surface area contributed by atoms with E-state index in [1.54, 1.807) is 12.1 Å². The van der Waals surface area contributed by atoms with Crippen LogP contribution in [-0.4, -0.2) is 5.78 Å². The molecule has 94 valence electrons. The summed E-state index contributed by atoms with van der Waals surface area (Å²) in [6.07, 6.45) is 0. The molecule has 0 aliphatic carbocycles. The highest BCUT2D eigenvalue weighted by Gasteiger charge is 2.17. The van der Waals surface area contributed by atoms with Crippen LogP contribution in [0, 0.1) is 5.82 Å². The summed E-state index contributed by atoms with van der Waals surface area (Å²) in [5, 5.41) is 0.912. The third kappa shape index (κ3) is 2.13. The Morgan fingerprint density at radius 1 is 1.11 bits per heavy atom. The summed E-state index contributed by atoms with van der Waals surface area (Å²) in [6, 6.07) is 12.6. The quantitative estimate of drug-likeness (QED) is 0.646. The van der Waals surface area contributed by atoms with Gasteiger partial charge < -0.3 is 4.42 Å². The number of carbonyl (C=O) groups excluding carboxylic acids is 1. The molecular formula is C15H8ClFO2. The molecule has 0 bridgehead atoms. The summed E-state index contributed by atoms with van der Waals surface area (Å²) in [5.41, 5.74) is 0.853. The van der Waals surface area contributed by atoms with Crippen molar-refractivity contribution in [2.24, 2.45) is 0 Å². The van der Waals surface area contributed by atoms with Crippen LogP contribution in [0.1, 0.15) is 16.1 Å². The molecule has 4 heteroatoms. The van der Waals surface area contributed by atoms with Crippen LogP contribution in [-0.2, 0) is 0 Å². The number of halogens is 2. The van der Waals surface area contributed by atoms with Crippen molar-refractivity contribution in [3.8, 4) is 0 Å². The van der Waals surface area contributed by atoms with Crippen molar-refractivity contribution in [3.63, 3.8) is 0 Å². The van der Waals surface area contributed by atoms with Gasteiger partial charge in [0.05, 0.1) is 5.02 Å². The van der Waals surface area contributed by atoms with Crippen molar-refractivity contribution >= 4 is 28.4 Å². The number of furan rings is 1. The topological polar surface area (TPSA) is 30.2 Å². The van der Waals surface area contributed by atoms with Gasteiger partial charge in [-0.05, 0) is 30.3 Å². The van der Waals surface area contributed by atoms with Crippen LogP contribution >= 0.6 is 11.6 Å². The summed E-state index contributed by atoms with van der Waals surface area (Å²) >= 11 is 5.87. The maximum Gasteiger partial charge on any atom is 0.229 e. The molecule has 0 aliphatic heterocycles. The SMILES string of the molecule is O=C(c1cc2ccccc2o1)c1ccc(F)cc1Cl. The molecule has 0 saturated carbocycles. The minimum absolute atomic E-state index is 0.0745. The van der Waals surface area contributed by atoms with Gasteiger partial charge in [0, 0.05) is 10.9 Å². The lowest BCUT2D eigenvalue weighted by molar-refractivity contribution is 0.101. The zero-order valence-electron chi connectivity index (χ0n) is 9.69. The fourth-order valence-electron chi connectivity index (χ4n) is 1.90. The van der Waals surface area contributed by atoms with Crippen LogP contribution in [0.3, 0.4) is 0 Å². The second-order valence-electron chi connectivity index (χ2n) is 4.10. The van der Waals surface area contributed by atoms with E-state index in [9.17, 15) is 9.18 Å². The van der Waals surface area contributed by atoms with Gasteiger partial charge in [0.1, 0.15) is 11.4 Å². The first-order valence-corrected chi connectivity index (χ1v) is 6.01. The average Bonchev–Trinajstić information content (AvgIpc) is 2.81. The van der Waals surface area contributed by atoms with E-state index in [-0.39, 0.29) is 22.1 Å². The minimum Gasteiger partial charge on any atom is -0.453 e. The van der Waals surface area contributed by atoms with Gasteiger partial charge in [-0.3, -0.25) is 4.79 Å².